The van der Waals surface area contributed by atoms with Crippen molar-refractivity contribution in [2.45, 2.75) is 6.54 Å². The average molecular weight is 277 g/mol. The first-order valence-corrected chi connectivity index (χ1v) is 6.14. The van der Waals surface area contributed by atoms with E-state index in [1.165, 1.54) is 17.0 Å². The fourth-order valence-electron chi connectivity index (χ4n) is 1.97. The van der Waals surface area contributed by atoms with Crippen LogP contribution in [0.5, 0.6) is 5.75 Å². The predicted molar refractivity (Wildman–Crippen MR) is 70.9 cm³/mol. The molecule has 1 aliphatic rings. The zero-order valence-electron chi connectivity index (χ0n) is 10.9. The molecule has 0 unspecified atom stereocenters. The van der Waals surface area contributed by atoms with Crippen LogP contribution in [0.2, 0.25) is 0 Å². The van der Waals surface area contributed by atoms with Crippen molar-refractivity contribution in [2.75, 3.05) is 19.8 Å². The van der Waals surface area contributed by atoms with Crippen LogP contribution >= 0.6 is 0 Å². The molecule has 0 aliphatic carbocycles. The molecule has 106 valence electrons. The summed E-state index contributed by atoms with van der Waals surface area (Å²) in [6.07, 6.45) is 1.02. The molecule has 6 nitrogen and oxygen atoms in total. The summed E-state index contributed by atoms with van der Waals surface area (Å²) in [5.74, 6) is -0.733. The Morgan fingerprint density at radius 2 is 2.30 bits per heavy atom. The van der Waals surface area contributed by atoms with E-state index in [1.807, 2.05) is 0 Å². The molecular formula is C14H15NO5. The number of carboxylic acid groups (broad SMARTS) is 1. The lowest BCUT2D eigenvalue weighted by molar-refractivity contribution is 0.0691. The Morgan fingerprint density at radius 3 is 3.00 bits per heavy atom. The summed E-state index contributed by atoms with van der Waals surface area (Å²) in [7, 11) is 0. The predicted octanol–water partition coefficient (Wildman–Crippen LogP) is 1.90. The molecule has 0 aromatic heterocycles. The minimum Gasteiger partial charge on any atom is -0.490 e. The highest BCUT2D eigenvalue weighted by atomic mass is 16.6. The Labute approximate surface area is 116 Å². The number of para-hydroxylation sites is 1. The molecule has 0 radical (unpaired) electrons. The highest BCUT2D eigenvalue weighted by Crippen LogP contribution is 2.27. The minimum atomic E-state index is -1.05. The first kappa shape index (κ1) is 13.9. The summed E-state index contributed by atoms with van der Waals surface area (Å²) in [6, 6.07) is 4.85. The van der Waals surface area contributed by atoms with Crippen LogP contribution in [0.3, 0.4) is 0 Å². The second-order valence-corrected chi connectivity index (χ2v) is 4.23. The number of carbonyl (C=O) groups is 2. The number of hydrogen-bond acceptors (Lipinski definition) is 4. The van der Waals surface area contributed by atoms with Gasteiger partial charge in [0.15, 0.2) is 0 Å². The van der Waals surface area contributed by atoms with E-state index in [0.717, 1.165) is 0 Å². The summed E-state index contributed by atoms with van der Waals surface area (Å²) >= 11 is 0. The molecule has 1 aromatic rings. The van der Waals surface area contributed by atoms with Gasteiger partial charge in [0, 0.05) is 5.56 Å². The van der Waals surface area contributed by atoms with Crippen LogP contribution in [0.4, 0.5) is 4.79 Å². The van der Waals surface area contributed by atoms with E-state index < -0.39 is 12.1 Å². The number of amides is 1. The monoisotopic (exact) mass is 277 g/mol. The van der Waals surface area contributed by atoms with Crippen molar-refractivity contribution in [3.05, 3.63) is 42.0 Å². The van der Waals surface area contributed by atoms with Crippen LogP contribution < -0.4 is 4.74 Å². The van der Waals surface area contributed by atoms with E-state index in [9.17, 15) is 9.59 Å². The molecule has 6 heteroatoms. The van der Waals surface area contributed by atoms with Crippen LogP contribution in [0.15, 0.2) is 30.9 Å². The minimum absolute atomic E-state index is 0.101. The molecule has 0 fully saturated rings. The number of carbonyl (C=O) groups excluding carboxylic acids is 1. The van der Waals surface area contributed by atoms with Crippen LogP contribution in [0.25, 0.3) is 0 Å². The highest BCUT2D eigenvalue weighted by Gasteiger charge is 2.24. The fraction of sp³-hybridized carbons (Fsp3) is 0.286. The molecule has 20 heavy (non-hydrogen) atoms. The lowest BCUT2D eigenvalue weighted by Gasteiger charge is -2.18. The number of benzene rings is 1. The van der Waals surface area contributed by atoms with Crippen molar-refractivity contribution in [1.29, 1.82) is 0 Å². The quantitative estimate of drug-likeness (QED) is 0.854. The van der Waals surface area contributed by atoms with Crippen molar-refractivity contribution in [1.82, 2.24) is 4.90 Å². The van der Waals surface area contributed by atoms with Crippen molar-refractivity contribution in [3.8, 4) is 5.75 Å². The molecule has 1 amide bonds. The second kappa shape index (κ2) is 6.10. The molecule has 1 aromatic carbocycles. The van der Waals surface area contributed by atoms with Crippen LogP contribution in [-0.4, -0.2) is 41.8 Å². The third-order valence-corrected chi connectivity index (χ3v) is 2.88. The Balaban J connectivity index is 2.22. The van der Waals surface area contributed by atoms with Crippen LogP contribution in [0.1, 0.15) is 15.9 Å². The maximum atomic E-state index is 11.8. The molecule has 0 spiro atoms. The molecule has 0 saturated heterocycles. The number of rotatable bonds is 3. The van der Waals surface area contributed by atoms with Gasteiger partial charge in [-0.2, -0.15) is 0 Å². The molecule has 0 atom stereocenters. The molecule has 0 saturated carbocycles. The Hall–Kier alpha value is -2.50. The molecule has 1 N–H and O–H groups in total. The van der Waals surface area contributed by atoms with E-state index in [1.54, 1.807) is 12.1 Å². The summed E-state index contributed by atoms with van der Waals surface area (Å²) in [4.78, 5) is 24.4. The first-order valence-electron chi connectivity index (χ1n) is 6.14. The van der Waals surface area contributed by atoms with Gasteiger partial charge in [-0.05, 0) is 6.07 Å². The van der Waals surface area contributed by atoms with Gasteiger partial charge in [0.25, 0.3) is 0 Å². The van der Waals surface area contributed by atoms with Crippen molar-refractivity contribution < 1.29 is 24.2 Å². The number of hydrogen-bond donors (Lipinski definition) is 1. The maximum absolute atomic E-state index is 11.8. The van der Waals surface area contributed by atoms with E-state index >= 15 is 0 Å². The van der Waals surface area contributed by atoms with Crippen molar-refractivity contribution in [3.63, 3.8) is 0 Å². The van der Waals surface area contributed by atoms with Gasteiger partial charge in [-0.1, -0.05) is 24.8 Å². The zero-order valence-corrected chi connectivity index (χ0v) is 10.9. The van der Waals surface area contributed by atoms with E-state index in [4.69, 9.17) is 14.6 Å². The summed E-state index contributed by atoms with van der Waals surface area (Å²) in [5, 5.41) is 9.13. The SMILES string of the molecule is C=CCOC(=O)N1CCOc2c(cccc2C(=O)O)C1. The normalized spacial score (nSPS) is 13.7. The maximum Gasteiger partial charge on any atom is 0.410 e. The van der Waals surface area contributed by atoms with Gasteiger partial charge in [-0.25, -0.2) is 9.59 Å². The van der Waals surface area contributed by atoms with Gasteiger partial charge >= 0.3 is 12.1 Å². The van der Waals surface area contributed by atoms with Crippen LogP contribution in [0, 0.1) is 0 Å². The van der Waals surface area contributed by atoms with E-state index in [-0.39, 0.29) is 25.3 Å². The van der Waals surface area contributed by atoms with Crippen LogP contribution in [-0.2, 0) is 11.3 Å². The molecule has 2 rings (SSSR count). The Morgan fingerprint density at radius 1 is 1.50 bits per heavy atom. The highest BCUT2D eigenvalue weighted by molar-refractivity contribution is 5.91. The largest absolute Gasteiger partial charge is 0.490 e. The number of nitrogens with zero attached hydrogens (tertiary/aromatic N) is 1. The molecule has 1 aliphatic heterocycles. The number of fused-ring (bicyclic) bond motifs is 1. The fourth-order valence-corrected chi connectivity index (χ4v) is 1.97. The summed E-state index contributed by atoms with van der Waals surface area (Å²) < 4.78 is 10.5. The van der Waals surface area contributed by atoms with Crippen molar-refractivity contribution in [2.24, 2.45) is 0 Å². The zero-order chi connectivity index (χ0) is 14.5. The number of aromatic carboxylic acids is 1. The van der Waals surface area contributed by atoms with Gasteiger partial charge in [0.1, 0.15) is 24.5 Å². The molecule has 1 heterocycles. The van der Waals surface area contributed by atoms with Crippen molar-refractivity contribution >= 4 is 12.1 Å². The second-order valence-electron chi connectivity index (χ2n) is 4.23. The van der Waals surface area contributed by atoms with Gasteiger partial charge in [0.2, 0.25) is 0 Å². The summed E-state index contributed by atoms with van der Waals surface area (Å²) in [5.41, 5.74) is 0.752. The third-order valence-electron chi connectivity index (χ3n) is 2.88. The van der Waals surface area contributed by atoms with Gasteiger partial charge < -0.3 is 19.5 Å². The average Bonchev–Trinajstić information content (AvgIpc) is 2.66. The summed E-state index contributed by atoms with van der Waals surface area (Å²) in [6.45, 7) is 4.43. The van der Waals surface area contributed by atoms with E-state index in [0.29, 0.717) is 17.9 Å². The Bertz CT molecular complexity index is 540. The first-order chi connectivity index (χ1) is 9.63. The molecule has 0 bridgehead atoms. The lowest BCUT2D eigenvalue weighted by Crippen LogP contribution is -2.33. The Kier molecular flexibility index (Phi) is 4.24. The van der Waals surface area contributed by atoms with Gasteiger partial charge in [-0.15, -0.1) is 0 Å². The smallest absolute Gasteiger partial charge is 0.410 e. The number of ether oxygens (including phenoxy) is 2. The third kappa shape index (κ3) is 2.90. The van der Waals surface area contributed by atoms with E-state index in [2.05, 4.69) is 6.58 Å². The standard InChI is InChI=1S/C14H15NO5/c1-2-7-20-14(18)15-6-8-19-12-10(9-15)4-3-5-11(12)13(16)17/h2-5H,1,6-9H2,(H,16,17). The lowest BCUT2D eigenvalue weighted by atomic mass is 10.1. The molecular weight excluding hydrogens is 262 g/mol. The van der Waals surface area contributed by atoms with Gasteiger partial charge in [0.05, 0.1) is 13.1 Å². The number of carboxylic acids is 1. The topological polar surface area (TPSA) is 76.1 Å². The van der Waals surface area contributed by atoms with Gasteiger partial charge in [-0.3, -0.25) is 0 Å².